The molecule has 1 aliphatic heterocycles. The van der Waals surface area contributed by atoms with E-state index in [2.05, 4.69) is 10.3 Å². The Hall–Kier alpha value is -3.82. The maximum absolute atomic E-state index is 13.2. The summed E-state index contributed by atoms with van der Waals surface area (Å²) in [5, 5.41) is 11.9. The molecule has 2 aliphatic rings. The third-order valence-corrected chi connectivity index (χ3v) is 6.40. The average molecular weight is 471 g/mol. The number of carboxylic acids is 1. The summed E-state index contributed by atoms with van der Waals surface area (Å²) in [6, 6.07) is 15.6. The van der Waals surface area contributed by atoms with Crippen LogP contribution in [-0.4, -0.2) is 39.5 Å². The van der Waals surface area contributed by atoms with E-state index in [4.69, 9.17) is 4.74 Å². The molecule has 2 aromatic carbocycles. The largest absolute Gasteiger partial charge is 0.476 e. The zero-order chi connectivity index (χ0) is 24.0. The first kappa shape index (κ1) is 22.0. The minimum absolute atomic E-state index is 0.00593. The maximum Gasteiger partial charge on any atom is 0.412 e. The van der Waals surface area contributed by atoms with Crippen LogP contribution in [0.5, 0.6) is 0 Å². The van der Waals surface area contributed by atoms with Crippen molar-refractivity contribution in [3.05, 3.63) is 71.2 Å². The summed E-state index contributed by atoms with van der Waals surface area (Å²) in [6.07, 6.45) is -5.61. The number of fused-ring (bicyclic) bond motifs is 4. The van der Waals surface area contributed by atoms with Crippen molar-refractivity contribution in [2.45, 2.75) is 31.5 Å². The number of aryl methyl sites for hydroxylation is 1. The van der Waals surface area contributed by atoms with Gasteiger partial charge in [-0.15, -0.1) is 0 Å². The van der Waals surface area contributed by atoms with Crippen molar-refractivity contribution in [3.63, 3.8) is 0 Å². The monoisotopic (exact) mass is 471 g/mol. The van der Waals surface area contributed by atoms with Crippen molar-refractivity contribution in [1.82, 2.24) is 9.55 Å². The quantitative estimate of drug-likeness (QED) is 0.554. The Bertz CT molecular complexity index is 1240. The van der Waals surface area contributed by atoms with Crippen molar-refractivity contribution in [2.75, 3.05) is 11.9 Å². The molecule has 2 heterocycles. The molecule has 0 bridgehead atoms. The Labute approximate surface area is 192 Å². The fourth-order valence-electron chi connectivity index (χ4n) is 4.80. The lowest BCUT2D eigenvalue weighted by atomic mass is 9.98. The van der Waals surface area contributed by atoms with Gasteiger partial charge in [0.2, 0.25) is 0 Å². The number of aromatic nitrogens is 2. The van der Waals surface area contributed by atoms with E-state index in [0.717, 1.165) is 26.8 Å². The number of amides is 1. The highest BCUT2D eigenvalue weighted by Crippen LogP contribution is 2.44. The second-order valence-electron chi connectivity index (χ2n) is 8.37. The van der Waals surface area contributed by atoms with Crippen LogP contribution < -0.4 is 5.32 Å². The van der Waals surface area contributed by atoms with E-state index in [1.807, 2.05) is 48.5 Å². The molecule has 1 amide bonds. The molecule has 0 saturated carbocycles. The van der Waals surface area contributed by atoms with Gasteiger partial charge >= 0.3 is 18.2 Å². The van der Waals surface area contributed by atoms with Gasteiger partial charge in [0.15, 0.2) is 11.5 Å². The Kier molecular flexibility index (Phi) is 5.30. The lowest BCUT2D eigenvalue weighted by Gasteiger charge is -2.26. The number of hydrogen-bond donors (Lipinski definition) is 2. The van der Waals surface area contributed by atoms with E-state index in [0.29, 0.717) is 0 Å². The molecule has 5 rings (SSSR count). The van der Waals surface area contributed by atoms with Gasteiger partial charge in [0.1, 0.15) is 12.4 Å². The predicted octanol–water partition coefficient (Wildman–Crippen LogP) is 5.07. The van der Waals surface area contributed by atoms with E-state index in [1.165, 1.54) is 0 Å². The van der Waals surface area contributed by atoms with Crippen LogP contribution in [0.25, 0.3) is 11.1 Å². The minimum Gasteiger partial charge on any atom is -0.476 e. The predicted molar refractivity (Wildman–Crippen MR) is 116 cm³/mol. The fourth-order valence-corrected chi connectivity index (χ4v) is 4.80. The zero-order valence-corrected chi connectivity index (χ0v) is 17.8. The number of aromatic carboxylic acids is 1. The first-order valence-corrected chi connectivity index (χ1v) is 10.8. The van der Waals surface area contributed by atoms with Crippen molar-refractivity contribution in [3.8, 4) is 11.1 Å². The third kappa shape index (κ3) is 3.78. The van der Waals surface area contributed by atoms with Gasteiger partial charge in [-0.2, -0.15) is 13.2 Å². The fraction of sp³-hybridized carbons (Fsp3) is 0.292. The van der Waals surface area contributed by atoms with Gasteiger partial charge in [0, 0.05) is 18.9 Å². The summed E-state index contributed by atoms with van der Waals surface area (Å²) >= 11 is 0. The number of alkyl halides is 3. The van der Waals surface area contributed by atoms with Gasteiger partial charge in [-0.1, -0.05) is 48.5 Å². The Balaban J connectivity index is 1.34. The summed E-state index contributed by atoms with van der Waals surface area (Å²) in [5.74, 6) is -3.47. The average Bonchev–Trinajstić information content (AvgIpc) is 3.32. The molecule has 0 radical (unpaired) electrons. The highest BCUT2D eigenvalue weighted by Gasteiger charge is 2.43. The van der Waals surface area contributed by atoms with Crippen molar-refractivity contribution in [2.24, 2.45) is 5.92 Å². The lowest BCUT2D eigenvalue weighted by molar-refractivity contribution is -0.182. The molecule has 0 saturated heterocycles. The van der Waals surface area contributed by atoms with Crippen LogP contribution in [0.3, 0.4) is 0 Å². The van der Waals surface area contributed by atoms with Crippen molar-refractivity contribution < 1.29 is 32.6 Å². The number of nitrogens with zero attached hydrogens (tertiary/aromatic N) is 2. The molecule has 34 heavy (non-hydrogen) atoms. The molecular weight excluding hydrogens is 451 g/mol. The number of carbonyl (C=O) groups excluding carboxylic acids is 1. The van der Waals surface area contributed by atoms with Crippen LogP contribution in [0.2, 0.25) is 0 Å². The molecule has 1 unspecified atom stereocenters. The van der Waals surface area contributed by atoms with Gasteiger partial charge in [0.25, 0.3) is 0 Å². The van der Waals surface area contributed by atoms with Crippen LogP contribution in [0.15, 0.2) is 48.5 Å². The van der Waals surface area contributed by atoms with E-state index >= 15 is 0 Å². The zero-order valence-electron chi connectivity index (χ0n) is 17.8. The second-order valence-corrected chi connectivity index (χ2v) is 8.37. The topological polar surface area (TPSA) is 93.5 Å². The van der Waals surface area contributed by atoms with E-state index < -0.39 is 36.4 Å². The maximum atomic E-state index is 13.2. The molecule has 2 N–H and O–H groups in total. The molecular formula is C24H20F3N3O4. The molecule has 176 valence electrons. The smallest absolute Gasteiger partial charge is 0.412 e. The van der Waals surface area contributed by atoms with Crippen LogP contribution in [0, 0.1) is 5.92 Å². The SMILES string of the molecule is O=C(Nc1nc2n(c1C(=O)O)CC(C(F)(F)F)CC2)OCC1c2ccccc2-c2ccccc21. The number of anilines is 1. The Morgan fingerprint density at radius 1 is 1.09 bits per heavy atom. The van der Waals surface area contributed by atoms with E-state index in [-0.39, 0.29) is 37.0 Å². The van der Waals surface area contributed by atoms with Crippen LogP contribution >= 0.6 is 0 Å². The van der Waals surface area contributed by atoms with Crippen molar-refractivity contribution >= 4 is 17.9 Å². The Morgan fingerprint density at radius 2 is 1.71 bits per heavy atom. The molecule has 10 heteroatoms. The first-order chi connectivity index (χ1) is 16.2. The number of carbonyl (C=O) groups is 2. The van der Waals surface area contributed by atoms with Gasteiger partial charge in [-0.25, -0.2) is 14.6 Å². The van der Waals surface area contributed by atoms with Crippen LogP contribution in [0.1, 0.15) is 39.8 Å². The number of benzene rings is 2. The van der Waals surface area contributed by atoms with Crippen LogP contribution in [-0.2, 0) is 17.7 Å². The number of carboxylic acid groups (broad SMARTS) is 1. The molecule has 3 aromatic rings. The second kappa shape index (κ2) is 8.19. The number of imidazole rings is 1. The van der Waals surface area contributed by atoms with Crippen LogP contribution in [0.4, 0.5) is 23.8 Å². The number of rotatable bonds is 4. The lowest BCUT2D eigenvalue weighted by Crippen LogP contribution is -2.33. The molecule has 1 atom stereocenters. The molecule has 1 aliphatic carbocycles. The summed E-state index contributed by atoms with van der Waals surface area (Å²) in [5.41, 5.74) is 3.65. The summed E-state index contributed by atoms with van der Waals surface area (Å²) in [6.45, 7) is -0.550. The number of hydrogen-bond acceptors (Lipinski definition) is 4. The normalized spacial score (nSPS) is 17.0. The summed E-state index contributed by atoms with van der Waals surface area (Å²) in [4.78, 5) is 28.4. The number of halogens is 3. The van der Waals surface area contributed by atoms with Gasteiger partial charge in [-0.05, 0) is 28.7 Å². The van der Waals surface area contributed by atoms with Crippen molar-refractivity contribution in [1.29, 1.82) is 0 Å². The molecule has 0 fully saturated rings. The van der Waals surface area contributed by atoms with Gasteiger partial charge in [0.05, 0.1) is 5.92 Å². The molecule has 0 spiro atoms. The Morgan fingerprint density at radius 3 is 2.29 bits per heavy atom. The molecule has 1 aromatic heterocycles. The van der Waals surface area contributed by atoms with E-state index in [1.54, 1.807) is 0 Å². The summed E-state index contributed by atoms with van der Waals surface area (Å²) < 4.78 is 46.0. The minimum atomic E-state index is -4.45. The summed E-state index contributed by atoms with van der Waals surface area (Å²) in [7, 11) is 0. The third-order valence-electron chi connectivity index (χ3n) is 6.40. The number of ether oxygens (including phenoxy) is 1. The van der Waals surface area contributed by atoms with Gasteiger partial charge in [-0.3, -0.25) is 5.32 Å². The van der Waals surface area contributed by atoms with Gasteiger partial charge < -0.3 is 14.4 Å². The first-order valence-electron chi connectivity index (χ1n) is 10.8. The standard InChI is InChI=1S/C24H20F3N3O4/c25-24(26,27)13-9-10-19-28-21(20(22(31)32)30(19)11-13)29-23(33)34-12-18-16-7-3-1-5-14(16)15-6-2-4-8-17(15)18/h1-8,13,18H,9-12H2,(H,29,33)(H,31,32). The number of nitrogens with one attached hydrogen (secondary N) is 1. The van der Waals surface area contributed by atoms with E-state index in [9.17, 15) is 27.9 Å². The highest BCUT2D eigenvalue weighted by molar-refractivity contribution is 5.96. The highest BCUT2D eigenvalue weighted by atomic mass is 19.4. The molecule has 7 nitrogen and oxygen atoms in total.